The number of esters is 1. The molecular formula is C10H12O5. The Balaban J connectivity index is 2.82. The highest BCUT2D eigenvalue weighted by Crippen LogP contribution is 2.21. The Morgan fingerprint density at radius 1 is 1.27 bits per heavy atom. The van der Waals surface area contributed by atoms with Gasteiger partial charge in [-0.15, -0.1) is 0 Å². The number of rotatable bonds is 3. The molecule has 0 saturated heterocycles. The zero-order chi connectivity index (χ0) is 11.4. The summed E-state index contributed by atoms with van der Waals surface area (Å²) in [5.41, 5.74) is 0.0661. The summed E-state index contributed by atoms with van der Waals surface area (Å²) < 4.78 is 9.55. The molecule has 0 fully saturated rings. The van der Waals surface area contributed by atoms with Crippen molar-refractivity contribution in [2.24, 2.45) is 0 Å². The van der Waals surface area contributed by atoms with Crippen LogP contribution in [0.25, 0.3) is 0 Å². The van der Waals surface area contributed by atoms with Gasteiger partial charge in [-0.25, -0.2) is 4.79 Å². The predicted octanol–water partition coefficient (Wildman–Crippen LogP) is 1.25. The number of hydrogen-bond donors (Lipinski definition) is 2. The third-order valence-corrected chi connectivity index (χ3v) is 1.74. The van der Waals surface area contributed by atoms with Crippen LogP contribution in [0.2, 0.25) is 0 Å². The normalized spacial score (nSPS) is 12.1. The number of phenolic OH excluding ortho intramolecular Hbond substituents is 2. The van der Waals surface area contributed by atoms with E-state index in [1.807, 2.05) is 0 Å². The highest BCUT2D eigenvalue weighted by molar-refractivity contribution is 5.90. The van der Waals surface area contributed by atoms with E-state index in [4.69, 9.17) is 19.7 Å². The Kier molecular flexibility index (Phi) is 3.51. The zero-order valence-corrected chi connectivity index (χ0v) is 8.43. The van der Waals surface area contributed by atoms with E-state index >= 15 is 0 Å². The smallest absolute Gasteiger partial charge is 0.340 e. The largest absolute Gasteiger partial charge is 0.508 e. The van der Waals surface area contributed by atoms with Crippen LogP contribution in [0.15, 0.2) is 18.2 Å². The van der Waals surface area contributed by atoms with Crippen LogP contribution in [0.1, 0.15) is 17.3 Å². The van der Waals surface area contributed by atoms with Crippen LogP contribution in [-0.2, 0) is 9.47 Å². The number of hydrogen-bond acceptors (Lipinski definition) is 5. The first-order valence-electron chi connectivity index (χ1n) is 4.29. The predicted molar refractivity (Wildman–Crippen MR) is 51.7 cm³/mol. The van der Waals surface area contributed by atoms with Crippen LogP contribution >= 0.6 is 0 Å². The van der Waals surface area contributed by atoms with E-state index in [0.29, 0.717) is 0 Å². The SMILES string of the molecule is COC(C)OC(=O)c1cc(O)cc(O)c1. The molecule has 0 aliphatic carbocycles. The first-order chi connectivity index (χ1) is 7.02. The third-order valence-electron chi connectivity index (χ3n) is 1.74. The van der Waals surface area contributed by atoms with Crippen LogP contribution in [0, 0.1) is 0 Å². The van der Waals surface area contributed by atoms with Gasteiger partial charge in [-0.1, -0.05) is 0 Å². The van der Waals surface area contributed by atoms with Gasteiger partial charge in [-0.3, -0.25) is 0 Å². The van der Waals surface area contributed by atoms with E-state index in [1.54, 1.807) is 6.92 Å². The molecule has 0 aliphatic rings. The van der Waals surface area contributed by atoms with Gasteiger partial charge in [0, 0.05) is 13.2 Å². The van der Waals surface area contributed by atoms with Crippen LogP contribution in [0.4, 0.5) is 0 Å². The molecule has 1 unspecified atom stereocenters. The second kappa shape index (κ2) is 4.65. The Labute approximate surface area is 86.9 Å². The van der Waals surface area contributed by atoms with Crippen molar-refractivity contribution in [1.82, 2.24) is 0 Å². The fourth-order valence-corrected chi connectivity index (χ4v) is 0.980. The van der Waals surface area contributed by atoms with Gasteiger partial charge in [-0.2, -0.15) is 0 Å². The number of benzene rings is 1. The minimum Gasteiger partial charge on any atom is -0.508 e. The maximum Gasteiger partial charge on any atom is 0.340 e. The van der Waals surface area contributed by atoms with Crippen molar-refractivity contribution < 1.29 is 24.5 Å². The first-order valence-corrected chi connectivity index (χ1v) is 4.29. The van der Waals surface area contributed by atoms with Crippen molar-refractivity contribution in [2.45, 2.75) is 13.2 Å². The molecule has 5 heteroatoms. The van der Waals surface area contributed by atoms with E-state index in [1.165, 1.54) is 19.2 Å². The summed E-state index contributed by atoms with van der Waals surface area (Å²) in [6.45, 7) is 1.56. The molecule has 0 spiro atoms. The van der Waals surface area contributed by atoms with E-state index < -0.39 is 12.3 Å². The van der Waals surface area contributed by atoms with E-state index in [0.717, 1.165) is 6.07 Å². The molecule has 5 nitrogen and oxygen atoms in total. The lowest BCUT2D eigenvalue weighted by atomic mass is 10.2. The van der Waals surface area contributed by atoms with Crippen LogP contribution in [0.3, 0.4) is 0 Å². The number of aromatic hydroxyl groups is 2. The highest BCUT2D eigenvalue weighted by atomic mass is 16.7. The molecule has 0 aliphatic heterocycles. The molecule has 2 N–H and O–H groups in total. The molecule has 0 saturated carbocycles. The minimum absolute atomic E-state index is 0.0661. The second-order valence-corrected chi connectivity index (χ2v) is 2.95. The van der Waals surface area contributed by atoms with Crippen molar-refractivity contribution >= 4 is 5.97 Å². The average molecular weight is 212 g/mol. The quantitative estimate of drug-likeness (QED) is 0.582. The van der Waals surface area contributed by atoms with E-state index in [2.05, 4.69) is 0 Å². The lowest BCUT2D eigenvalue weighted by Crippen LogP contribution is -2.16. The van der Waals surface area contributed by atoms with Crippen molar-refractivity contribution in [3.8, 4) is 11.5 Å². The Morgan fingerprint density at radius 2 is 1.80 bits per heavy atom. The number of phenols is 2. The maximum absolute atomic E-state index is 11.4. The summed E-state index contributed by atoms with van der Waals surface area (Å²) in [7, 11) is 1.40. The molecule has 0 radical (unpaired) electrons. The molecular weight excluding hydrogens is 200 g/mol. The molecule has 0 heterocycles. The van der Waals surface area contributed by atoms with Gasteiger partial charge in [0.25, 0.3) is 0 Å². The average Bonchev–Trinajstić information content (AvgIpc) is 2.16. The minimum atomic E-state index is -0.679. The zero-order valence-electron chi connectivity index (χ0n) is 8.43. The van der Waals surface area contributed by atoms with Gasteiger partial charge in [0.05, 0.1) is 5.56 Å². The number of ether oxygens (including phenoxy) is 2. The summed E-state index contributed by atoms with van der Waals surface area (Å²) in [5, 5.41) is 18.3. The van der Waals surface area contributed by atoms with Gasteiger partial charge in [0.15, 0.2) is 6.29 Å². The van der Waals surface area contributed by atoms with Crippen molar-refractivity contribution in [3.63, 3.8) is 0 Å². The van der Waals surface area contributed by atoms with Gasteiger partial charge in [-0.05, 0) is 19.1 Å². The Morgan fingerprint density at radius 3 is 2.27 bits per heavy atom. The molecule has 1 atom stereocenters. The third kappa shape index (κ3) is 3.14. The first kappa shape index (κ1) is 11.3. The Bertz CT molecular complexity index is 341. The lowest BCUT2D eigenvalue weighted by molar-refractivity contribution is -0.0773. The Hall–Kier alpha value is -1.75. The van der Waals surface area contributed by atoms with Crippen molar-refractivity contribution in [3.05, 3.63) is 23.8 Å². The highest BCUT2D eigenvalue weighted by Gasteiger charge is 2.12. The molecule has 1 aromatic carbocycles. The summed E-state index contributed by atoms with van der Waals surface area (Å²) in [5.74, 6) is -1.07. The lowest BCUT2D eigenvalue weighted by Gasteiger charge is -2.11. The molecule has 0 amide bonds. The molecule has 1 aromatic rings. The monoisotopic (exact) mass is 212 g/mol. The number of methoxy groups -OCH3 is 1. The van der Waals surface area contributed by atoms with Crippen molar-refractivity contribution in [1.29, 1.82) is 0 Å². The fourth-order valence-electron chi connectivity index (χ4n) is 0.980. The fraction of sp³-hybridized carbons (Fsp3) is 0.300. The molecule has 82 valence electrons. The number of carbonyl (C=O) groups is 1. The summed E-state index contributed by atoms with van der Waals surface area (Å²) in [4.78, 5) is 11.4. The summed E-state index contributed by atoms with van der Waals surface area (Å²) in [6.07, 6.45) is -0.679. The van der Waals surface area contributed by atoms with Gasteiger partial charge in [0.2, 0.25) is 0 Å². The molecule has 0 aromatic heterocycles. The van der Waals surface area contributed by atoms with Gasteiger partial charge >= 0.3 is 5.97 Å². The van der Waals surface area contributed by atoms with Gasteiger partial charge < -0.3 is 19.7 Å². The molecule has 0 bridgehead atoms. The standard InChI is InChI=1S/C10H12O5/c1-6(14-2)15-10(13)7-3-8(11)5-9(12)4-7/h3-6,11-12H,1-2H3. The summed E-state index contributed by atoms with van der Waals surface area (Å²) >= 11 is 0. The molecule has 15 heavy (non-hydrogen) atoms. The van der Waals surface area contributed by atoms with E-state index in [-0.39, 0.29) is 17.1 Å². The van der Waals surface area contributed by atoms with Crippen LogP contribution < -0.4 is 0 Å². The summed E-state index contributed by atoms with van der Waals surface area (Å²) in [6, 6.07) is 3.52. The second-order valence-electron chi connectivity index (χ2n) is 2.95. The van der Waals surface area contributed by atoms with Crippen LogP contribution in [-0.4, -0.2) is 29.6 Å². The maximum atomic E-state index is 11.4. The molecule has 1 rings (SSSR count). The van der Waals surface area contributed by atoms with E-state index in [9.17, 15) is 4.79 Å². The van der Waals surface area contributed by atoms with Crippen molar-refractivity contribution in [2.75, 3.05) is 7.11 Å². The van der Waals surface area contributed by atoms with Crippen LogP contribution in [0.5, 0.6) is 11.5 Å². The number of carbonyl (C=O) groups excluding carboxylic acids is 1. The van der Waals surface area contributed by atoms with Gasteiger partial charge in [0.1, 0.15) is 11.5 Å². The topological polar surface area (TPSA) is 76.0 Å².